The van der Waals surface area contributed by atoms with Crippen LogP contribution < -0.4 is 0 Å². The van der Waals surface area contributed by atoms with Gasteiger partial charge >= 0.3 is 0 Å². The number of carbonyl (C=O) groups is 2. The quantitative estimate of drug-likeness (QED) is 0.383. The highest BCUT2D eigenvalue weighted by Gasteiger charge is 2.42. The van der Waals surface area contributed by atoms with Gasteiger partial charge in [-0.25, -0.2) is 9.97 Å². The summed E-state index contributed by atoms with van der Waals surface area (Å²) in [6.45, 7) is -0.0491. The lowest BCUT2D eigenvalue weighted by Gasteiger charge is -2.14. The van der Waals surface area contributed by atoms with Gasteiger partial charge in [-0.2, -0.15) is 5.26 Å². The summed E-state index contributed by atoms with van der Waals surface area (Å²) in [7, 11) is 0. The van der Waals surface area contributed by atoms with Gasteiger partial charge in [0.15, 0.2) is 11.5 Å². The molecule has 0 saturated heterocycles. The summed E-state index contributed by atoms with van der Waals surface area (Å²) in [5.74, 6) is -2.38. The Morgan fingerprint density at radius 1 is 0.844 bits per heavy atom. The first-order chi connectivity index (χ1) is 15.5. The van der Waals surface area contributed by atoms with Crippen molar-refractivity contribution in [3.63, 3.8) is 0 Å². The van der Waals surface area contributed by atoms with Crippen LogP contribution >= 0.6 is 0 Å². The second kappa shape index (κ2) is 7.18. The molecule has 8 heteroatoms. The van der Waals surface area contributed by atoms with Gasteiger partial charge in [0.2, 0.25) is 0 Å². The number of hydrogen-bond donors (Lipinski definition) is 2. The first-order valence-electron chi connectivity index (χ1n) is 9.64. The standard InChI is InChI=1S/C24H14N4O4/c25-11-13-4-6-15(7-5-13)16-3-1-2-14(10-16)12-28-23(31)17-18(24(28)32)22(30)20-19(21(17)29)26-8-9-27-20/h1-10,29-30H,12H2. The number of aromatic nitrogens is 2. The average molecular weight is 422 g/mol. The van der Waals surface area contributed by atoms with E-state index in [2.05, 4.69) is 16.0 Å². The van der Waals surface area contributed by atoms with Gasteiger partial charge < -0.3 is 10.2 Å². The molecule has 32 heavy (non-hydrogen) atoms. The van der Waals surface area contributed by atoms with Crippen molar-refractivity contribution in [3.05, 3.63) is 83.2 Å². The van der Waals surface area contributed by atoms with Crippen molar-refractivity contribution in [2.24, 2.45) is 0 Å². The van der Waals surface area contributed by atoms with Gasteiger partial charge in [0.25, 0.3) is 11.8 Å². The van der Waals surface area contributed by atoms with E-state index in [-0.39, 0.29) is 28.7 Å². The number of benzene rings is 3. The predicted molar refractivity (Wildman–Crippen MR) is 114 cm³/mol. The molecule has 154 valence electrons. The highest BCUT2D eigenvalue weighted by atomic mass is 16.3. The first kappa shape index (κ1) is 19.2. The van der Waals surface area contributed by atoms with Crippen molar-refractivity contribution in [2.75, 3.05) is 0 Å². The molecule has 2 N–H and O–H groups in total. The highest BCUT2D eigenvalue weighted by molar-refractivity contribution is 6.26. The molecule has 1 aliphatic rings. The third-order valence-corrected chi connectivity index (χ3v) is 5.40. The van der Waals surface area contributed by atoms with Crippen LogP contribution in [0, 0.1) is 11.3 Å². The summed E-state index contributed by atoms with van der Waals surface area (Å²) in [5, 5.41) is 30.1. The Labute approximate surface area is 181 Å². The van der Waals surface area contributed by atoms with Crippen molar-refractivity contribution in [1.82, 2.24) is 14.9 Å². The molecule has 0 bridgehead atoms. The van der Waals surface area contributed by atoms with Gasteiger partial charge in [-0.15, -0.1) is 0 Å². The van der Waals surface area contributed by atoms with Gasteiger partial charge in [0, 0.05) is 12.4 Å². The van der Waals surface area contributed by atoms with Gasteiger partial charge in [-0.3, -0.25) is 14.5 Å². The molecule has 0 radical (unpaired) electrons. The Hall–Kier alpha value is -4.77. The SMILES string of the molecule is N#Cc1ccc(-c2cccc(CN3C(=O)c4c(c(O)c5nccnc5c4O)C3=O)c2)cc1. The number of nitriles is 1. The van der Waals surface area contributed by atoms with Crippen molar-refractivity contribution in [1.29, 1.82) is 5.26 Å². The first-order valence-corrected chi connectivity index (χ1v) is 9.64. The zero-order valence-corrected chi connectivity index (χ0v) is 16.5. The largest absolute Gasteiger partial charge is 0.505 e. The van der Waals surface area contributed by atoms with Crippen LogP contribution in [-0.4, -0.2) is 36.9 Å². The summed E-state index contributed by atoms with van der Waals surface area (Å²) in [6.07, 6.45) is 2.64. The van der Waals surface area contributed by atoms with E-state index in [0.717, 1.165) is 16.0 Å². The minimum absolute atomic E-state index is 0.0467. The fourth-order valence-corrected chi connectivity index (χ4v) is 3.85. The number of amides is 2. The van der Waals surface area contributed by atoms with E-state index in [0.29, 0.717) is 11.1 Å². The van der Waals surface area contributed by atoms with E-state index in [9.17, 15) is 19.8 Å². The molecular weight excluding hydrogens is 408 g/mol. The summed E-state index contributed by atoms with van der Waals surface area (Å²) in [6, 6.07) is 16.4. The van der Waals surface area contributed by atoms with E-state index in [1.165, 1.54) is 12.4 Å². The van der Waals surface area contributed by atoms with Gasteiger partial charge in [-0.1, -0.05) is 30.3 Å². The Morgan fingerprint density at radius 3 is 2.00 bits per heavy atom. The van der Waals surface area contributed by atoms with Crippen LogP contribution in [0.1, 0.15) is 31.8 Å². The number of phenols is 2. The number of carbonyl (C=O) groups excluding carboxylic acids is 2. The van der Waals surface area contributed by atoms with Crippen molar-refractivity contribution >= 4 is 22.8 Å². The fraction of sp³-hybridized carbons (Fsp3) is 0.0417. The third kappa shape index (κ3) is 2.84. The molecule has 0 aliphatic carbocycles. The van der Waals surface area contributed by atoms with E-state index in [4.69, 9.17) is 5.26 Å². The monoisotopic (exact) mass is 422 g/mol. The minimum Gasteiger partial charge on any atom is -0.505 e. The van der Waals surface area contributed by atoms with E-state index < -0.39 is 23.3 Å². The smallest absolute Gasteiger partial charge is 0.265 e. The number of fused-ring (bicyclic) bond motifs is 2. The molecule has 4 aromatic rings. The second-order valence-electron chi connectivity index (χ2n) is 7.29. The van der Waals surface area contributed by atoms with Crippen molar-refractivity contribution in [2.45, 2.75) is 6.54 Å². The molecule has 0 saturated carbocycles. The number of aromatic hydroxyl groups is 2. The minimum atomic E-state index is -0.714. The zero-order valence-electron chi connectivity index (χ0n) is 16.5. The lowest BCUT2D eigenvalue weighted by atomic mass is 10.0. The van der Waals surface area contributed by atoms with Crippen LogP contribution in [-0.2, 0) is 6.54 Å². The van der Waals surface area contributed by atoms with Crippen molar-refractivity contribution < 1.29 is 19.8 Å². The van der Waals surface area contributed by atoms with Crippen molar-refractivity contribution in [3.8, 4) is 28.7 Å². The van der Waals surface area contributed by atoms with Crippen LogP contribution in [0.5, 0.6) is 11.5 Å². The van der Waals surface area contributed by atoms with E-state index in [1.807, 2.05) is 24.3 Å². The number of hydrogen-bond acceptors (Lipinski definition) is 7. The maximum absolute atomic E-state index is 13.0. The Kier molecular flexibility index (Phi) is 4.31. The molecule has 0 atom stereocenters. The van der Waals surface area contributed by atoms with E-state index >= 15 is 0 Å². The molecule has 1 aromatic heterocycles. The Bertz CT molecular complexity index is 1410. The topological polar surface area (TPSA) is 127 Å². The lowest BCUT2D eigenvalue weighted by molar-refractivity contribution is 0.0641. The molecule has 2 heterocycles. The maximum atomic E-state index is 13.0. The molecule has 0 fully saturated rings. The molecule has 3 aromatic carbocycles. The predicted octanol–water partition coefficient (Wildman–Crippen LogP) is 3.38. The number of nitrogens with zero attached hydrogens (tertiary/aromatic N) is 4. The van der Waals surface area contributed by atoms with Crippen LogP contribution in [0.2, 0.25) is 0 Å². The fourth-order valence-electron chi connectivity index (χ4n) is 3.85. The molecule has 8 nitrogen and oxygen atoms in total. The number of rotatable bonds is 3. The molecule has 0 spiro atoms. The summed E-state index contributed by atoms with van der Waals surface area (Å²) in [5.41, 5.74) is 2.32. The van der Waals surface area contributed by atoms with Gasteiger partial charge in [-0.05, 0) is 34.9 Å². The van der Waals surface area contributed by atoms with Crippen LogP contribution in [0.3, 0.4) is 0 Å². The molecule has 5 rings (SSSR count). The average Bonchev–Trinajstić information content (AvgIpc) is 3.08. The second-order valence-corrected chi connectivity index (χ2v) is 7.29. The molecule has 2 amide bonds. The van der Waals surface area contributed by atoms with E-state index in [1.54, 1.807) is 24.3 Å². The third-order valence-electron chi connectivity index (χ3n) is 5.40. The maximum Gasteiger partial charge on any atom is 0.265 e. The number of phenolic OH excluding ortho intramolecular Hbond substituents is 2. The highest BCUT2D eigenvalue weighted by Crippen LogP contribution is 2.42. The van der Waals surface area contributed by atoms with Gasteiger partial charge in [0.05, 0.1) is 18.2 Å². The molecular formula is C24H14N4O4. The summed E-state index contributed by atoms with van der Waals surface area (Å²) in [4.78, 5) is 34.9. The lowest BCUT2D eigenvalue weighted by Crippen LogP contribution is -2.29. The Morgan fingerprint density at radius 2 is 1.44 bits per heavy atom. The van der Waals surface area contributed by atoms with Crippen LogP contribution in [0.4, 0.5) is 0 Å². The van der Waals surface area contributed by atoms with Gasteiger partial charge in [0.1, 0.15) is 22.2 Å². The summed E-state index contributed by atoms with van der Waals surface area (Å²) >= 11 is 0. The molecule has 1 aliphatic heterocycles. The Balaban J connectivity index is 1.51. The summed E-state index contributed by atoms with van der Waals surface area (Å²) < 4.78 is 0. The molecule has 0 unspecified atom stereocenters. The normalized spacial score (nSPS) is 12.8. The zero-order chi connectivity index (χ0) is 22.4. The van der Waals surface area contributed by atoms with Crippen LogP contribution in [0.25, 0.3) is 22.2 Å². The number of imide groups is 1. The van der Waals surface area contributed by atoms with Crippen LogP contribution in [0.15, 0.2) is 60.9 Å².